The van der Waals surface area contributed by atoms with Crippen molar-refractivity contribution in [3.63, 3.8) is 0 Å². The van der Waals surface area contributed by atoms with Gasteiger partial charge in [0, 0.05) is 13.1 Å². The van der Waals surface area contributed by atoms with E-state index in [9.17, 15) is 9.59 Å². The molecule has 0 aromatic rings. The molecule has 2 unspecified atom stereocenters. The molecular formula is C14H27N3O2. The van der Waals surface area contributed by atoms with E-state index in [1.807, 2.05) is 25.7 Å². The normalized spacial score (nSPS) is 19.1. The van der Waals surface area contributed by atoms with Crippen LogP contribution in [0.1, 0.15) is 40.5 Å². The second-order valence-corrected chi connectivity index (χ2v) is 6.35. The fourth-order valence-corrected chi connectivity index (χ4v) is 2.17. The van der Waals surface area contributed by atoms with Crippen molar-refractivity contribution in [3.8, 4) is 0 Å². The minimum Gasteiger partial charge on any atom is -0.342 e. The first-order valence-electron chi connectivity index (χ1n) is 7.04. The Balaban J connectivity index is 2.77. The maximum absolute atomic E-state index is 12.5. The molecule has 1 saturated heterocycles. The standard InChI is InChI=1S/C14H27N3O2/c1-10(15-5)12(18)16-11(14(2,3)4)13(19)17-8-6-7-9-17/h10-11,15H,6-9H2,1-5H3,(H,16,18). The van der Waals surface area contributed by atoms with Crippen LogP contribution in [0.4, 0.5) is 0 Å². The van der Waals surface area contributed by atoms with Gasteiger partial charge in [0.1, 0.15) is 6.04 Å². The highest BCUT2D eigenvalue weighted by Crippen LogP contribution is 2.23. The van der Waals surface area contributed by atoms with E-state index < -0.39 is 6.04 Å². The lowest BCUT2D eigenvalue weighted by atomic mass is 9.85. The van der Waals surface area contributed by atoms with E-state index >= 15 is 0 Å². The van der Waals surface area contributed by atoms with Crippen LogP contribution in [0.2, 0.25) is 0 Å². The zero-order valence-corrected chi connectivity index (χ0v) is 12.7. The smallest absolute Gasteiger partial charge is 0.245 e. The average Bonchev–Trinajstić information content (AvgIpc) is 2.86. The van der Waals surface area contributed by atoms with Crippen molar-refractivity contribution in [3.05, 3.63) is 0 Å². The number of amides is 2. The number of nitrogens with one attached hydrogen (secondary N) is 2. The number of likely N-dealkylation sites (N-methyl/N-ethyl adjacent to an activating group) is 1. The van der Waals surface area contributed by atoms with Gasteiger partial charge in [0.15, 0.2) is 0 Å². The maximum Gasteiger partial charge on any atom is 0.245 e. The van der Waals surface area contributed by atoms with E-state index in [-0.39, 0.29) is 23.3 Å². The Morgan fingerprint density at radius 3 is 2.11 bits per heavy atom. The first kappa shape index (κ1) is 16.0. The van der Waals surface area contributed by atoms with E-state index in [1.165, 1.54) is 0 Å². The van der Waals surface area contributed by atoms with Gasteiger partial charge in [-0.1, -0.05) is 20.8 Å². The average molecular weight is 269 g/mol. The van der Waals surface area contributed by atoms with Gasteiger partial charge in [-0.3, -0.25) is 9.59 Å². The van der Waals surface area contributed by atoms with Crippen molar-refractivity contribution < 1.29 is 9.59 Å². The molecule has 1 rings (SSSR count). The van der Waals surface area contributed by atoms with Crippen molar-refractivity contribution in [2.45, 2.75) is 52.6 Å². The molecule has 0 bridgehead atoms. The molecule has 0 radical (unpaired) electrons. The fraction of sp³-hybridized carbons (Fsp3) is 0.857. The van der Waals surface area contributed by atoms with Crippen LogP contribution in [0.15, 0.2) is 0 Å². The van der Waals surface area contributed by atoms with Crippen molar-refractivity contribution in [2.24, 2.45) is 5.41 Å². The Hall–Kier alpha value is -1.10. The summed E-state index contributed by atoms with van der Waals surface area (Å²) < 4.78 is 0. The highest BCUT2D eigenvalue weighted by molar-refractivity contribution is 5.90. The topological polar surface area (TPSA) is 61.4 Å². The van der Waals surface area contributed by atoms with Gasteiger partial charge < -0.3 is 15.5 Å². The van der Waals surface area contributed by atoms with Crippen LogP contribution in [0.5, 0.6) is 0 Å². The highest BCUT2D eigenvalue weighted by Gasteiger charge is 2.36. The number of carbonyl (C=O) groups is 2. The van der Waals surface area contributed by atoms with Crippen LogP contribution in [-0.4, -0.2) is 48.9 Å². The summed E-state index contributed by atoms with van der Waals surface area (Å²) in [6.45, 7) is 9.35. The molecule has 0 aliphatic carbocycles. The van der Waals surface area contributed by atoms with Crippen LogP contribution in [0.25, 0.3) is 0 Å². The summed E-state index contributed by atoms with van der Waals surface area (Å²) in [5, 5.41) is 5.78. The monoisotopic (exact) mass is 269 g/mol. The minimum absolute atomic E-state index is 0.0432. The first-order valence-corrected chi connectivity index (χ1v) is 7.04. The van der Waals surface area contributed by atoms with E-state index in [1.54, 1.807) is 14.0 Å². The lowest BCUT2D eigenvalue weighted by Gasteiger charge is -2.34. The van der Waals surface area contributed by atoms with Crippen LogP contribution in [0.3, 0.4) is 0 Å². The van der Waals surface area contributed by atoms with Gasteiger partial charge in [-0.15, -0.1) is 0 Å². The molecule has 5 heteroatoms. The predicted octanol–water partition coefficient (Wildman–Crippen LogP) is 0.748. The van der Waals surface area contributed by atoms with Gasteiger partial charge in [0.05, 0.1) is 6.04 Å². The number of hydrogen-bond donors (Lipinski definition) is 2. The molecule has 1 heterocycles. The zero-order chi connectivity index (χ0) is 14.6. The van der Waals surface area contributed by atoms with Crippen molar-refractivity contribution >= 4 is 11.8 Å². The second kappa shape index (κ2) is 6.37. The van der Waals surface area contributed by atoms with Crippen molar-refractivity contribution in [2.75, 3.05) is 20.1 Å². The summed E-state index contributed by atoms with van der Waals surface area (Å²) in [4.78, 5) is 26.4. The minimum atomic E-state index is -0.464. The van der Waals surface area contributed by atoms with Gasteiger partial charge in [-0.05, 0) is 32.2 Å². The molecule has 5 nitrogen and oxygen atoms in total. The largest absolute Gasteiger partial charge is 0.342 e. The number of carbonyl (C=O) groups excluding carboxylic acids is 2. The maximum atomic E-state index is 12.5. The predicted molar refractivity (Wildman–Crippen MR) is 75.7 cm³/mol. The Labute approximate surface area is 116 Å². The van der Waals surface area contributed by atoms with Gasteiger partial charge >= 0.3 is 0 Å². The Kier molecular flexibility index (Phi) is 5.35. The van der Waals surface area contributed by atoms with E-state index in [0.717, 1.165) is 25.9 Å². The molecule has 2 N–H and O–H groups in total. The van der Waals surface area contributed by atoms with Crippen molar-refractivity contribution in [1.82, 2.24) is 15.5 Å². The molecule has 110 valence electrons. The summed E-state index contributed by atoms with van der Waals surface area (Å²) in [7, 11) is 1.73. The molecular weight excluding hydrogens is 242 g/mol. The lowest BCUT2D eigenvalue weighted by Crippen LogP contribution is -2.57. The lowest BCUT2D eigenvalue weighted by molar-refractivity contribution is -0.138. The number of hydrogen-bond acceptors (Lipinski definition) is 3. The summed E-state index contributed by atoms with van der Waals surface area (Å²) >= 11 is 0. The summed E-state index contributed by atoms with van der Waals surface area (Å²) in [5.41, 5.74) is -0.289. The number of likely N-dealkylation sites (tertiary alicyclic amines) is 1. The van der Waals surface area contributed by atoms with Crippen LogP contribution in [-0.2, 0) is 9.59 Å². The Bertz CT molecular complexity index is 330. The molecule has 1 aliphatic rings. The number of nitrogens with zero attached hydrogens (tertiary/aromatic N) is 1. The molecule has 2 amide bonds. The van der Waals surface area contributed by atoms with E-state index in [2.05, 4.69) is 10.6 Å². The third-order valence-electron chi connectivity index (χ3n) is 3.64. The summed E-state index contributed by atoms with van der Waals surface area (Å²) in [6, 6.07) is -0.759. The summed E-state index contributed by atoms with van der Waals surface area (Å²) in [5.74, 6) is -0.0865. The Morgan fingerprint density at radius 1 is 1.16 bits per heavy atom. The number of rotatable bonds is 4. The molecule has 0 saturated carbocycles. The second-order valence-electron chi connectivity index (χ2n) is 6.35. The zero-order valence-electron chi connectivity index (χ0n) is 12.7. The molecule has 0 aromatic carbocycles. The van der Waals surface area contributed by atoms with E-state index in [4.69, 9.17) is 0 Å². The quantitative estimate of drug-likeness (QED) is 0.791. The molecule has 1 aliphatic heterocycles. The SMILES string of the molecule is CNC(C)C(=O)NC(C(=O)N1CCCC1)C(C)(C)C. The third kappa shape index (κ3) is 4.20. The molecule has 1 fully saturated rings. The van der Waals surface area contributed by atoms with Gasteiger partial charge in [-0.25, -0.2) is 0 Å². The van der Waals surface area contributed by atoms with Gasteiger partial charge in [0.25, 0.3) is 0 Å². The van der Waals surface area contributed by atoms with Crippen LogP contribution < -0.4 is 10.6 Å². The van der Waals surface area contributed by atoms with Crippen LogP contribution in [0, 0.1) is 5.41 Å². The Morgan fingerprint density at radius 2 is 1.68 bits per heavy atom. The van der Waals surface area contributed by atoms with Gasteiger partial charge in [0.2, 0.25) is 11.8 Å². The fourth-order valence-electron chi connectivity index (χ4n) is 2.17. The molecule has 0 aromatic heterocycles. The molecule has 2 atom stereocenters. The highest BCUT2D eigenvalue weighted by atomic mass is 16.2. The third-order valence-corrected chi connectivity index (χ3v) is 3.64. The van der Waals surface area contributed by atoms with Gasteiger partial charge in [-0.2, -0.15) is 0 Å². The van der Waals surface area contributed by atoms with Crippen LogP contribution >= 0.6 is 0 Å². The first-order chi connectivity index (χ1) is 8.77. The molecule has 0 spiro atoms. The van der Waals surface area contributed by atoms with Crippen molar-refractivity contribution in [1.29, 1.82) is 0 Å². The molecule has 19 heavy (non-hydrogen) atoms. The summed E-state index contributed by atoms with van der Waals surface area (Å²) in [6.07, 6.45) is 2.12. The van der Waals surface area contributed by atoms with E-state index in [0.29, 0.717) is 0 Å².